The van der Waals surface area contributed by atoms with Crippen molar-refractivity contribution in [2.45, 2.75) is 12.1 Å². The van der Waals surface area contributed by atoms with Crippen LogP contribution in [0.3, 0.4) is 0 Å². The number of aromatic nitrogens is 2. The van der Waals surface area contributed by atoms with Crippen LogP contribution in [0.1, 0.15) is 27.6 Å². The molecular formula is C23H23N5O5S. The number of methoxy groups -OCH3 is 1. The minimum absolute atomic E-state index is 0.0140. The minimum Gasteiger partial charge on any atom is -0.497 e. The molecule has 10 nitrogen and oxygen atoms in total. The Balaban J connectivity index is 1.51. The van der Waals surface area contributed by atoms with E-state index in [1.54, 1.807) is 62.6 Å². The van der Waals surface area contributed by atoms with Crippen molar-refractivity contribution in [1.29, 1.82) is 0 Å². The van der Waals surface area contributed by atoms with Gasteiger partial charge in [0.2, 0.25) is 5.91 Å². The normalized spacial score (nSPS) is 10.3. The first-order chi connectivity index (χ1) is 16.4. The molecule has 4 N–H and O–H groups in total. The Kier molecular flexibility index (Phi) is 8.41. The zero-order valence-corrected chi connectivity index (χ0v) is 19.3. The van der Waals surface area contributed by atoms with Crippen LogP contribution < -0.4 is 21.1 Å². The molecule has 0 bridgehead atoms. The molecule has 34 heavy (non-hydrogen) atoms. The van der Waals surface area contributed by atoms with E-state index in [4.69, 9.17) is 15.2 Å². The van der Waals surface area contributed by atoms with Crippen LogP contribution in [0.2, 0.25) is 0 Å². The number of hydrogen-bond donors (Lipinski definition) is 3. The number of nitrogen functional groups attached to an aromatic ring is 1. The van der Waals surface area contributed by atoms with Crippen molar-refractivity contribution in [1.82, 2.24) is 9.97 Å². The predicted molar refractivity (Wildman–Crippen MR) is 129 cm³/mol. The van der Waals surface area contributed by atoms with Crippen LogP contribution in [-0.4, -0.2) is 47.2 Å². The molecule has 0 aliphatic carbocycles. The van der Waals surface area contributed by atoms with Crippen molar-refractivity contribution in [3.05, 3.63) is 65.9 Å². The molecule has 0 radical (unpaired) electrons. The first kappa shape index (κ1) is 24.5. The van der Waals surface area contributed by atoms with Crippen LogP contribution in [0.5, 0.6) is 5.75 Å². The van der Waals surface area contributed by atoms with Gasteiger partial charge in [0.15, 0.2) is 5.16 Å². The SMILES string of the molecule is CCOC(=O)c1cnc(SCC(=O)Nc2ccc(C(=O)Nc3ccc(OC)cc3)cc2)nc1N. The molecule has 0 fully saturated rings. The van der Waals surface area contributed by atoms with Gasteiger partial charge in [-0.3, -0.25) is 9.59 Å². The van der Waals surface area contributed by atoms with Gasteiger partial charge in [0.05, 0.1) is 19.5 Å². The Morgan fingerprint density at radius 2 is 1.65 bits per heavy atom. The number of hydrogen-bond acceptors (Lipinski definition) is 9. The van der Waals surface area contributed by atoms with Crippen LogP contribution in [-0.2, 0) is 9.53 Å². The minimum atomic E-state index is -0.601. The molecule has 2 amide bonds. The summed E-state index contributed by atoms with van der Waals surface area (Å²) >= 11 is 1.07. The highest BCUT2D eigenvalue weighted by molar-refractivity contribution is 7.99. The summed E-state index contributed by atoms with van der Waals surface area (Å²) in [5.41, 5.74) is 7.46. The fraction of sp³-hybridized carbons (Fsp3) is 0.174. The number of amides is 2. The standard InChI is InChI=1S/C23H23N5O5S/c1-3-33-22(31)18-12-25-23(28-20(18)24)34-13-19(29)26-15-6-4-14(5-7-15)21(30)27-16-8-10-17(32-2)11-9-16/h4-12H,3,13H2,1-2H3,(H,26,29)(H,27,30)(H2,24,25,28). The summed E-state index contributed by atoms with van der Waals surface area (Å²) in [6.07, 6.45) is 1.27. The van der Waals surface area contributed by atoms with Crippen LogP contribution in [0.15, 0.2) is 59.9 Å². The first-order valence-electron chi connectivity index (χ1n) is 10.2. The highest BCUT2D eigenvalue weighted by Crippen LogP contribution is 2.19. The summed E-state index contributed by atoms with van der Waals surface area (Å²) in [7, 11) is 1.57. The van der Waals surface area contributed by atoms with E-state index >= 15 is 0 Å². The topological polar surface area (TPSA) is 146 Å². The smallest absolute Gasteiger partial charge is 0.343 e. The van der Waals surface area contributed by atoms with Gasteiger partial charge in [-0.25, -0.2) is 14.8 Å². The summed E-state index contributed by atoms with van der Waals surface area (Å²) in [5.74, 6) is -0.468. The Labute approximate surface area is 200 Å². The third-order valence-electron chi connectivity index (χ3n) is 4.40. The van der Waals surface area contributed by atoms with Crippen molar-refractivity contribution in [3.8, 4) is 5.75 Å². The van der Waals surface area contributed by atoms with Gasteiger partial charge in [-0.05, 0) is 55.5 Å². The Bertz CT molecular complexity index is 1170. The largest absolute Gasteiger partial charge is 0.497 e. The molecule has 3 rings (SSSR count). The van der Waals surface area contributed by atoms with Gasteiger partial charge in [0, 0.05) is 23.1 Å². The molecule has 3 aromatic rings. The zero-order chi connectivity index (χ0) is 24.5. The maximum absolute atomic E-state index is 12.4. The second-order valence-corrected chi connectivity index (χ2v) is 7.71. The molecule has 0 saturated heterocycles. The van der Waals surface area contributed by atoms with Crippen LogP contribution in [0.4, 0.5) is 17.2 Å². The monoisotopic (exact) mass is 481 g/mol. The summed E-state index contributed by atoms with van der Waals surface area (Å²) in [6, 6.07) is 13.5. The fourth-order valence-corrected chi connectivity index (χ4v) is 3.35. The number of benzene rings is 2. The summed E-state index contributed by atoms with van der Waals surface area (Å²) < 4.78 is 9.97. The number of nitrogens with two attached hydrogens (primary N) is 1. The molecule has 176 valence electrons. The Morgan fingerprint density at radius 3 is 2.26 bits per heavy atom. The molecule has 0 aliphatic heterocycles. The van der Waals surface area contributed by atoms with Gasteiger partial charge >= 0.3 is 5.97 Å². The number of carbonyl (C=O) groups excluding carboxylic acids is 3. The van der Waals surface area contributed by atoms with E-state index in [9.17, 15) is 14.4 Å². The third kappa shape index (κ3) is 6.69. The number of esters is 1. The van der Waals surface area contributed by atoms with Gasteiger partial charge in [0.25, 0.3) is 5.91 Å². The number of rotatable bonds is 9. The molecule has 1 heterocycles. The van der Waals surface area contributed by atoms with Gasteiger partial charge in [-0.15, -0.1) is 0 Å². The highest BCUT2D eigenvalue weighted by Gasteiger charge is 2.15. The maximum Gasteiger partial charge on any atom is 0.343 e. The van der Waals surface area contributed by atoms with E-state index in [0.29, 0.717) is 22.7 Å². The van der Waals surface area contributed by atoms with Gasteiger partial charge in [-0.1, -0.05) is 11.8 Å². The van der Waals surface area contributed by atoms with Crippen LogP contribution >= 0.6 is 11.8 Å². The Morgan fingerprint density at radius 1 is 1.00 bits per heavy atom. The quantitative estimate of drug-likeness (QED) is 0.238. The van der Waals surface area contributed by atoms with Gasteiger partial charge in [-0.2, -0.15) is 0 Å². The lowest BCUT2D eigenvalue weighted by Gasteiger charge is -2.08. The zero-order valence-electron chi connectivity index (χ0n) is 18.5. The molecule has 0 aliphatic rings. The van der Waals surface area contributed by atoms with Crippen molar-refractivity contribution in [2.75, 3.05) is 35.8 Å². The van der Waals surface area contributed by atoms with Crippen molar-refractivity contribution >= 4 is 46.7 Å². The number of carbonyl (C=O) groups is 3. The summed E-state index contributed by atoms with van der Waals surface area (Å²) in [5, 5.41) is 5.78. The van der Waals surface area contributed by atoms with Crippen LogP contribution in [0.25, 0.3) is 0 Å². The summed E-state index contributed by atoms with van der Waals surface area (Å²) in [4.78, 5) is 44.5. The second kappa shape index (κ2) is 11.7. The van der Waals surface area contributed by atoms with E-state index in [1.165, 1.54) is 6.20 Å². The van der Waals surface area contributed by atoms with Crippen molar-refractivity contribution in [2.24, 2.45) is 0 Å². The average Bonchev–Trinajstić information content (AvgIpc) is 2.84. The lowest BCUT2D eigenvalue weighted by atomic mass is 10.2. The fourth-order valence-electron chi connectivity index (χ4n) is 2.72. The molecule has 0 saturated carbocycles. The Hall–Kier alpha value is -4.12. The third-order valence-corrected chi connectivity index (χ3v) is 5.26. The van der Waals surface area contributed by atoms with E-state index in [-0.39, 0.29) is 40.7 Å². The first-order valence-corrected chi connectivity index (χ1v) is 11.2. The van der Waals surface area contributed by atoms with E-state index < -0.39 is 5.97 Å². The molecule has 0 spiro atoms. The van der Waals surface area contributed by atoms with Crippen molar-refractivity contribution < 1.29 is 23.9 Å². The molecule has 0 atom stereocenters. The maximum atomic E-state index is 12.4. The van der Waals surface area contributed by atoms with Crippen molar-refractivity contribution in [3.63, 3.8) is 0 Å². The summed E-state index contributed by atoms with van der Waals surface area (Å²) in [6.45, 7) is 1.89. The molecule has 0 unspecified atom stereocenters. The van der Waals surface area contributed by atoms with E-state index in [1.807, 2.05) is 0 Å². The van der Waals surface area contributed by atoms with Gasteiger partial charge < -0.3 is 25.8 Å². The average molecular weight is 482 g/mol. The molecule has 1 aromatic heterocycles. The number of nitrogens with zero attached hydrogens (tertiary/aromatic N) is 2. The molecule has 2 aromatic carbocycles. The number of nitrogens with one attached hydrogen (secondary N) is 2. The molecule has 11 heteroatoms. The van der Waals surface area contributed by atoms with Gasteiger partial charge in [0.1, 0.15) is 17.1 Å². The molecular weight excluding hydrogens is 458 g/mol. The number of anilines is 3. The number of ether oxygens (including phenoxy) is 2. The second-order valence-electron chi connectivity index (χ2n) is 6.77. The lowest BCUT2D eigenvalue weighted by molar-refractivity contribution is -0.113. The predicted octanol–water partition coefficient (Wildman–Crippen LogP) is 3.23. The highest BCUT2D eigenvalue weighted by atomic mass is 32.2. The van der Waals surface area contributed by atoms with E-state index in [0.717, 1.165) is 11.8 Å². The number of thioether (sulfide) groups is 1. The lowest BCUT2D eigenvalue weighted by Crippen LogP contribution is -2.15. The van der Waals surface area contributed by atoms with Crippen LogP contribution in [0, 0.1) is 0 Å². The van der Waals surface area contributed by atoms with E-state index in [2.05, 4.69) is 20.6 Å².